The normalized spacial score (nSPS) is 12.0. The number of carbonyl (C=O) groups is 1. The summed E-state index contributed by atoms with van der Waals surface area (Å²) in [6, 6.07) is 18.9. The second kappa shape index (κ2) is 8.31. The summed E-state index contributed by atoms with van der Waals surface area (Å²) in [6.07, 6.45) is 4.75. The number of benzene rings is 2. The van der Waals surface area contributed by atoms with Crippen LogP contribution >= 0.6 is 0 Å². The molecular formula is C24H19N3O4. The number of amides is 1. The molecule has 0 unspecified atom stereocenters. The highest BCUT2D eigenvalue weighted by atomic mass is 16.7. The molecule has 4 aromatic rings. The van der Waals surface area contributed by atoms with Crippen LogP contribution in [0, 0.1) is 0 Å². The van der Waals surface area contributed by atoms with Crippen molar-refractivity contribution in [3.63, 3.8) is 0 Å². The fraction of sp³-hybridized carbons (Fsp3) is 0.125. The average molecular weight is 413 g/mol. The van der Waals surface area contributed by atoms with E-state index in [1.54, 1.807) is 17.3 Å². The number of oxazole rings is 1. The van der Waals surface area contributed by atoms with Gasteiger partial charge in [0.25, 0.3) is 5.91 Å². The molecule has 0 spiro atoms. The molecule has 154 valence electrons. The van der Waals surface area contributed by atoms with Crippen LogP contribution in [0.4, 0.5) is 0 Å². The monoisotopic (exact) mass is 413 g/mol. The molecule has 31 heavy (non-hydrogen) atoms. The lowest BCUT2D eigenvalue weighted by Crippen LogP contribution is -2.31. The maximum atomic E-state index is 13.6. The Balaban J connectivity index is 1.50. The fourth-order valence-corrected chi connectivity index (χ4v) is 3.57. The number of aromatic nitrogens is 2. The summed E-state index contributed by atoms with van der Waals surface area (Å²) in [4.78, 5) is 23.7. The van der Waals surface area contributed by atoms with Crippen molar-refractivity contribution in [2.75, 3.05) is 6.79 Å². The van der Waals surface area contributed by atoms with E-state index >= 15 is 0 Å². The minimum Gasteiger partial charge on any atom is -0.454 e. The zero-order chi connectivity index (χ0) is 21.0. The summed E-state index contributed by atoms with van der Waals surface area (Å²) in [5.74, 6) is 1.54. The van der Waals surface area contributed by atoms with E-state index in [0.717, 1.165) is 16.7 Å². The number of fused-ring (bicyclic) bond motifs is 1. The molecule has 7 nitrogen and oxygen atoms in total. The first-order valence-corrected chi connectivity index (χ1v) is 9.84. The van der Waals surface area contributed by atoms with Gasteiger partial charge in [-0.3, -0.25) is 9.78 Å². The van der Waals surface area contributed by atoms with Crippen molar-refractivity contribution in [1.29, 1.82) is 0 Å². The Morgan fingerprint density at radius 1 is 0.968 bits per heavy atom. The van der Waals surface area contributed by atoms with Crippen molar-refractivity contribution < 1.29 is 18.7 Å². The lowest BCUT2D eigenvalue weighted by molar-refractivity contribution is 0.0723. The molecular weight excluding hydrogens is 394 g/mol. The molecule has 0 aliphatic carbocycles. The third-order valence-electron chi connectivity index (χ3n) is 5.03. The Hall–Kier alpha value is -4.13. The SMILES string of the molecule is O=C(c1ncoc1-c1ccccc1)N(Cc1cccnc1)Cc1cccc2c1OCO2. The van der Waals surface area contributed by atoms with Crippen LogP contribution in [0.25, 0.3) is 11.3 Å². The van der Waals surface area contributed by atoms with Crippen LogP contribution < -0.4 is 9.47 Å². The molecule has 3 heterocycles. The molecule has 0 saturated heterocycles. The van der Waals surface area contributed by atoms with Gasteiger partial charge in [-0.05, 0) is 17.7 Å². The lowest BCUT2D eigenvalue weighted by atomic mass is 10.1. The number of hydrogen-bond acceptors (Lipinski definition) is 6. The minimum atomic E-state index is -0.243. The predicted octanol–water partition coefficient (Wildman–Crippen LogP) is 4.31. The summed E-state index contributed by atoms with van der Waals surface area (Å²) >= 11 is 0. The predicted molar refractivity (Wildman–Crippen MR) is 112 cm³/mol. The third-order valence-corrected chi connectivity index (χ3v) is 5.03. The largest absolute Gasteiger partial charge is 0.454 e. The van der Waals surface area contributed by atoms with E-state index in [1.807, 2.05) is 60.7 Å². The summed E-state index contributed by atoms with van der Waals surface area (Å²) in [5, 5.41) is 0. The van der Waals surface area contributed by atoms with Crippen LogP contribution in [-0.2, 0) is 13.1 Å². The van der Waals surface area contributed by atoms with Gasteiger partial charge < -0.3 is 18.8 Å². The van der Waals surface area contributed by atoms with Gasteiger partial charge in [0.1, 0.15) is 0 Å². The summed E-state index contributed by atoms with van der Waals surface area (Å²) in [6.45, 7) is 0.851. The molecule has 0 bridgehead atoms. The number of ether oxygens (including phenoxy) is 2. The van der Waals surface area contributed by atoms with Crippen molar-refractivity contribution in [3.05, 3.63) is 96.3 Å². The molecule has 1 aliphatic rings. The number of hydrogen-bond donors (Lipinski definition) is 0. The summed E-state index contributed by atoms with van der Waals surface area (Å²) in [5.41, 5.74) is 2.82. The quantitative estimate of drug-likeness (QED) is 0.469. The van der Waals surface area contributed by atoms with Gasteiger partial charge >= 0.3 is 0 Å². The van der Waals surface area contributed by atoms with Gasteiger partial charge in [-0.15, -0.1) is 0 Å². The van der Waals surface area contributed by atoms with Gasteiger partial charge in [0.05, 0.1) is 6.54 Å². The van der Waals surface area contributed by atoms with E-state index in [0.29, 0.717) is 30.3 Å². The topological polar surface area (TPSA) is 77.7 Å². The molecule has 0 N–H and O–H groups in total. The molecule has 2 aromatic heterocycles. The van der Waals surface area contributed by atoms with Gasteiger partial charge in [0.15, 0.2) is 29.3 Å². The van der Waals surface area contributed by atoms with Crippen LogP contribution in [0.15, 0.2) is 83.9 Å². The molecule has 0 radical (unpaired) electrons. The number of para-hydroxylation sites is 1. The molecule has 1 amide bonds. The van der Waals surface area contributed by atoms with Gasteiger partial charge in [-0.2, -0.15) is 0 Å². The van der Waals surface area contributed by atoms with Crippen molar-refractivity contribution in [2.24, 2.45) is 0 Å². The van der Waals surface area contributed by atoms with Crippen LogP contribution in [-0.4, -0.2) is 27.6 Å². The second-order valence-electron chi connectivity index (χ2n) is 7.07. The lowest BCUT2D eigenvalue weighted by Gasteiger charge is -2.23. The van der Waals surface area contributed by atoms with Crippen LogP contribution in [0.3, 0.4) is 0 Å². The molecule has 0 atom stereocenters. The van der Waals surface area contributed by atoms with Gasteiger partial charge in [0.2, 0.25) is 6.79 Å². The maximum absolute atomic E-state index is 13.6. The Morgan fingerprint density at radius 3 is 2.71 bits per heavy atom. The number of pyridine rings is 1. The number of nitrogens with zero attached hydrogens (tertiary/aromatic N) is 3. The van der Waals surface area contributed by atoms with E-state index in [2.05, 4.69) is 9.97 Å². The van der Waals surface area contributed by atoms with Crippen LogP contribution in [0.1, 0.15) is 21.6 Å². The van der Waals surface area contributed by atoms with Gasteiger partial charge in [0, 0.05) is 30.1 Å². The number of rotatable bonds is 6. The summed E-state index contributed by atoms with van der Waals surface area (Å²) in [7, 11) is 0. The Bertz CT molecular complexity index is 1190. The summed E-state index contributed by atoms with van der Waals surface area (Å²) < 4.78 is 16.7. The molecule has 5 rings (SSSR count). The zero-order valence-corrected chi connectivity index (χ0v) is 16.6. The first kappa shape index (κ1) is 18.9. The maximum Gasteiger partial charge on any atom is 0.277 e. The Labute approximate surface area is 178 Å². The van der Waals surface area contributed by atoms with Crippen molar-refractivity contribution in [1.82, 2.24) is 14.9 Å². The van der Waals surface area contributed by atoms with Crippen molar-refractivity contribution in [3.8, 4) is 22.8 Å². The zero-order valence-electron chi connectivity index (χ0n) is 16.6. The molecule has 7 heteroatoms. The standard InChI is InChI=1S/C24H19N3O4/c28-24(21-23(29-15-26-21)18-7-2-1-3-8-18)27(13-17-6-5-11-25-12-17)14-19-9-4-10-20-22(19)31-16-30-20/h1-12,15H,13-14,16H2. The van der Waals surface area contributed by atoms with E-state index in [1.165, 1.54) is 6.39 Å². The highest BCUT2D eigenvalue weighted by molar-refractivity contribution is 5.97. The highest BCUT2D eigenvalue weighted by Crippen LogP contribution is 2.36. The third kappa shape index (κ3) is 3.85. The molecule has 2 aromatic carbocycles. The Morgan fingerprint density at radius 2 is 1.87 bits per heavy atom. The number of carbonyl (C=O) groups excluding carboxylic acids is 1. The van der Waals surface area contributed by atoms with Gasteiger partial charge in [-0.25, -0.2) is 4.98 Å². The van der Waals surface area contributed by atoms with E-state index in [4.69, 9.17) is 13.9 Å². The molecule has 0 saturated carbocycles. The van der Waals surface area contributed by atoms with E-state index in [9.17, 15) is 4.79 Å². The van der Waals surface area contributed by atoms with E-state index in [-0.39, 0.29) is 18.4 Å². The molecule has 0 fully saturated rings. The average Bonchev–Trinajstić information content (AvgIpc) is 3.50. The Kier molecular flexibility index (Phi) is 5.06. The minimum absolute atomic E-state index is 0.171. The fourth-order valence-electron chi connectivity index (χ4n) is 3.57. The smallest absolute Gasteiger partial charge is 0.277 e. The second-order valence-corrected chi connectivity index (χ2v) is 7.07. The first-order chi connectivity index (χ1) is 15.3. The highest BCUT2D eigenvalue weighted by Gasteiger charge is 2.26. The molecule has 1 aliphatic heterocycles. The van der Waals surface area contributed by atoms with Crippen molar-refractivity contribution in [2.45, 2.75) is 13.1 Å². The van der Waals surface area contributed by atoms with E-state index < -0.39 is 0 Å². The van der Waals surface area contributed by atoms with Crippen LogP contribution in [0.2, 0.25) is 0 Å². The van der Waals surface area contributed by atoms with Crippen molar-refractivity contribution >= 4 is 5.91 Å². The van der Waals surface area contributed by atoms with Gasteiger partial charge in [-0.1, -0.05) is 48.5 Å². The first-order valence-electron chi connectivity index (χ1n) is 9.84. The van der Waals surface area contributed by atoms with Crippen LogP contribution in [0.5, 0.6) is 11.5 Å².